The lowest BCUT2D eigenvalue weighted by Crippen LogP contribution is -2.28. The predicted octanol–water partition coefficient (Wildman–Crippen LogP) is 17.2. The molecule has 14 rings (SSSR count). The molecule has 9 aromatic carbocycles. The van der Waals surface area contributed by atoms with Gasteiger partial charge in [0.15, 0.2) is 0 Å². The van der Waals surface area contributed by atoms with Crippen LogP contribution in [0.25, 0.3) is 81.1 Å². The zero-order valence-electron chi connectivity index (χ0n) is 34.9. The van der Waals surface area contributed by atoms with Crippen molar-refractivity contribution in [2.45, 2.75) is 18.3 Å². The molecule has 3 aliphatic rings. The van der Waals surface area contributed by atoms with Crippen LogP contribution >= 0.6 is 11.3 Å². The van der Waals surface area contributed by atoms with Gasteiger partial charge in [-0.15, -0.1) is 11.3 Å². The summed E-state index contributed by atoms with van der Waals surface area (Å²) in [6.07, 6.45) is 6.86. The van der Waals surface area contributed by atoms with Gasteiger partial charge in [-0.05, 0) is 111 Å². The van der Waals surface area contributed by atoms with Crippen LogP contribution in [0.4, 0.5) is 17.1 Å². The molecule has 2 nitrogen and oxygen atoms in total. The van der Waals surface area contributed by atoms with Gasteiger partial charge in [0.25, 0.3) is 0 Å². The van der Waals surface area contributed by atoms with Gasteiger partial charge in [0.05, 0.1) is 16.8 Å². The molecule has 1 spiro atoms. The number of fused-ring (bicyclic) bond motifs is 16. The highest BCUT2D eigenvalue weighted by atomic mass is 32.1. The van der Waals surface area contributed by atoms with E-state index in [1.165, 1.54) is 81.5 Å². The molecule has 11 aromatic rings. The zero-order chi connectivity index (χ0) is 41.9. The van der Waals surface area contributed by atoms with Crippen LogP contribution in [0.2, 0.25) is 0 Å². The van der Waals surface area contributed by atoms with Crippen LogP contribution in [0.15, 0.2) is 222 Å². The minimum atomic E-state index is -0.411. The van der Waals surface area contributed by atoms with Gasteiger partial charge in [0, 0.05) is 53.3 Å². The summed E-state index contributed by atoms with van der Waals surface area (Å²) in [5, 5.41) is 4.97. The first kappa shape index (κ1) is 35.8. The Kier molecular flexibility index (Phi) is 7.64. The number of furan rings is 1. The average Bonchev–Trinajstić information content (AvgIpc) is 4.10. The molecule has 0 bridgehead atoms. The van der Waals surface area contributed by atoms with Crippen molar-refractivity contribution in [2.75, 3.05) is 4.90 Å². The van der Waals surface area contributed by atoms with E-state index < -0.39 is 5.41 Å². The summed E-state index contributed by atoms with van der Waals surface area (Å²) >= 11 is 1.94. The number of para-hydroxylation sites is 2. The van der Waals surface area contributed by atoms with Crippen molar-refractivity contribution in [3.63, 3.8) is 0 Å². The van der Waals surface area contributed by atoms with E-state index in [0.717, 1.165) is 57.3 Å². The number of rotatable bonds is 5. The van der Waals surface area contributed by atoms with Gasteiger partial charge in [-0.2, -0.15) is 0 Å². The van der Waals surface area contributed by atoms with E-state index in [1.54, 1.807) is 0 Å². The van der Waals surface area contributed by atoms with E-state index in [4.69, 9.17) is 4.42 Å². The fraction of sp³-hybridized carbons (Fsp3) is 0.0492. The second kappa shape index (κ2) is 13.6. The molecule has 0 radical (unpaired) electrons. The van der Waals surface area contributed by atoms with E-state index in [9.17, 15) is 0 Å². The smallest absolute Gasteiger partial charge is 0.135 e. The Labute approximate surface area is 375 Å². The van der Waals surface area contributed by atoms with E-state index in [0.29, 0.717) is 0 Å². The molecule has 2 heterocycles. The van der Waals surface area contributed by atoms with Crippen LogP contribution in [-0.4, -0.2) is 0 Å². The first-order valence-electron chi connectivity index (χ1n) is 22.3. The molecule has 0 N–H and O–H groups in total. The summed E-state index contributed by atoms with van der Waals surface area (Å²) in [6, 6.07) is 74.0. The highest BCUT2D eigenvalue weighted by Gasteiger charge is 2.54. The van der Waals surface area contributed by atoms with E-state index in [2.05, 4.69) is 205 Å². The summed E-state index contributed by atoms with van der Waals surface area (Å²) in [5.41, 5.74) is 20.7. The Morgan fingerprint density at radius 1 is 0.469 bits per heavy atom. The molecular formula is C61H39NOS. The summed E-state index contributed by atoms with van der Waals surface area (Å²) in [4.78, 5) is 2.53. The van der Waals surface area contributed by atoms with Gasteiger partial charge < -0.3 is 9.32 Å². The Morgan fingerprint density at radius 3 is 2.08 bits per heavy atom. The van der Waals surface area contributed by atoms with Crippen LogP contribution in [0, 0.1) is 0 Å². The van der Waals surface area contributed by atoms with Crippen molar-refractivity contribution in [2.24, 2.45) is 0 Å². The summed E-state index contributed by atoms with van der Waals surface area (Å²) in [5.74, 6) is 0. The molecule has 2 aromatic heterocycles. The molecule has 3 aliphatic carbocycles. The second-order valence-electron chi connectivity index (χ2n) is 17.4. The number of allylic oxidation sites excluding steroid dienone is 4. The SMILES string of the molecule is C1=CC2=C(CC1)C1(c3ccccc3-c3c1ccc1c3sc3ccccc31)c1cccc(N(c3ccc(-c4ccc5oc6ccccc6c5c4)cc3)c3ccccc3-c3ccccc3)c12. The van der Waals surface area contributed by atoms with E-state index in [-0.39, 0.29) is 0 Å². The molecule has 0 saturated heterocycles. The summed E-state index contributed by atoms with van der Waals surface area (Å²) in [7, 11) is 0. The topological polar surface area (TPSA) is 16.4 Å². The maximum absolute atomic E-state index is 6.20. The molecule has 0 saturated carbocycles. The Balaban J connectivity index is 1.01. The lowest BCUT2D eigenvalue weighted by molar-refractivity contribution is 0.669. The lowest BCUT2D eigenvalue weighted by Gasteiger charge is -2.34. The first-order valence-corrected chi connectivity index (χ1v) is 23.1. The third kappa shape index (κ3) is 4.90. The number of hydrogen-bond acceptors (Lipinski definition) is 3. The maximum Gasteiger partial charge on any atom is 0.135 e. The van der Waals surface area contributed by atoms with Crippen LogP contribution < -0.4 is 4.90 Å². The minimum Gasteiger partial charge on any atom is -0.456 e. The van der Waals surface area contributed by atoms with Crippen LogP contribution in [0.1, 0.15) is 35.1 Å². The van der Waals surface area contributed by atoms with Crippen molar-refractivity contribution >= 4 is 76.1 Å². The molecule has 0 aliphatic heterocycles. The Hall–Kier alpha value is -7.72. The average molecular weight is 834 g/mol. The van der Waals surface area contributed by atoms with Crippen molar-refractivity contribution in [3.8, 4) is 33.4 Å². The molecule has 300 valence electrons. The van der Waals surface area contributed by atoms with Crippen LogP contribution in [0.3, 0.4) is 0 Å². The quantitative estimate of drug-likeness (QED) is 0.172. The third-order valence-corrected chi connectivity index (χ3v) is 15.4. The monoisotopic (exact) mass is 833 g/mol. The predicted molar refractivity (Wildman–Crippen MR) is 269 cm³/mol. The lowest BCUT2D eigenvalue weighted by atomic mass is 9.68. The van der Waals surface area contributed by atoms with Crippen molar-refractivity contribution in [1.29, 1.82) is 0 Å². The van der Waals surface area contributed by atoms with Gasteiger partial charge in [-0.25, -0.2) is 0 Å². The normalized spacial score (nSPS) is 15.9. The molecule has 1 atom stereocenters. The molecule has 0 amide bonds. The summed E-state index contributed by atoms with van der Waals surface area (Å²) in [6.45, 7) is 0. The van der Waals surface area contributed by atoms with Crippen LogP contribution in [-0.2, 0) is 5.41 Å². The van der Waals surface area contributed by atoms with Gasteiger partial charge in [0.2, 0.25) is 0 Å². The van der Waals surface area contributed by atoms with E-state index >= 15 is 0 Å². The first-order chi connectivity index (χ1) is 31.8. The number of thiophene rings is 1. The molecule has 1 unspecified atom stereocenters. The van der Waals surface area contributed by atoms with E-state index in [1.807, 2.05) is 23.5 Å². The molecule has 3 heteroatoms. The van der Waals surface area contributed by atoms with Crippen molar-refractivity contribution in [3.05, 3.63) is 240 Å². The zero-order valence-corrected chi connectivity index (χ0v) is 35.7. The van der Waals surface area contributed by atoms with Gasteiger partial charge in [0.1, 0.15) is 11.2 Å². The number of anilines is 3. The Morgan fingerprint density at radius 2 is 1.17 bits per heavy atom. The standard InChI is InChI=1S/C61H39NOS/c1-2-15-39(16-3-1)42-17-6-11-25-53(42)62(41-32-29-38(30-33-41)40-31-36-56-48(37-40)43-18-7-12-27-55(43)63-56)54-26-14-24-51-58(54)46-20-4-9-22-49(46)61(51)50-23-10-5-21-47(50)59-52(61)35-34-45-44-19-8-13-28-57(44)64-60(45)59/h1-8,10-21,23-37H,9,22H2. The second-order valence-corrected chi connectivity index (χ2v) is 18.4. The number of hydrogen-bond donors (Lipinski definition) is 0. The van der Waals surface area contributed by atoms with Gasteiger partial charge in [-0.1, -0.05) is 164 Å². The van der Waals surface area contributed by atoms with Gasteiger partial charge >= 0.3 is 0 Å². The van der Waals surface area contributed by atoms with Crippen molar-refractivity contribution in [1.82, 2.24) is 0 Å². The largest absolute Gasteiger partial charge is 0.456 e. The molecule has 64 heavy (non-hydrogen) atoms. The highest BCUT2D eigenvalue weighted by Crippen LogP contribution is 2.66. The fourth-order valence-electron chi connectivity index (χ4n) is 11.6. The highest BCUT2D eigenvalue weighted by molar-refractivity contribution is 7.26. The number of benzene rings is 9. The fourth-order valence-corrected chi connectivity index (χ4v) is 12.8. The Bertz CT molecular complexity index is 3790. The van der Waals surface area contributed by atoms with Gasteiger partial charge in [-0.3, -0.25) is 0 Å². The third-order valence-electron chi connectivity index (χ3n) is 14.2. The molecule has 0 fully saturated rings. The maximum atomic E-state index is 6.20. The molecular weight excluding hydrogens is 795 g/mol. The van der Waals surface area contributed by atoms with Crippen LogP contribution in [0.5, 0.6) is 0 Å². The number of nitrogens with zero attached hydrogens (tertiary/aromatic N) is 1. The minimum absolute atomic E-state index is 0.411. The van der Waals surface area contributed by atoms with Crippen molar-refractivity contribution < 1.29 is 4.42 Å². The summed E-state index contributed by atoms with van der Waals surface area (Å²) < 4.78 is 8.93.